The van der Waals surface area contributed by atoms with E-state index in [4.69, 9.17) is 44.9 Å². The first-order valence-corrected chi connectivity index (χ1v) is 10.5. The lowest BCUT2D eigenvalue weighted by molar-refractivity contribution is -0.136. The van der Waals surface area contributed by atoms with Gasteiger partial charge >= 0.3 is 5.97 Å². The maximum atomic E-state index is 12.6. The van der Waals surface area contributed by atoms with Crippen LogP contribution in [0.4, 0.5) is 0 Å². The zero-order valence-corrected chi connectivity index (χ0v) is 18.1. The van der Waals surface area contributed by atoms with Gasteiger partial charge in [-0.1, -0.05) is 59.3 Å². The molecule has 2 aromatic rings. The van der Waals surface area contributed by atoms with Crippen molar-refractivity contribution in [1.82, 2.24) is 4.90 Å². The highest BCUT2D eigenvalue weighted by molar-refractivity contribution is 8.26. The Balaban J connectivity index is 1.69. The minimum absolute atomic E-state index is 0.0501. The molecule has 1 N–H and O–H groups in total. The van der Waals surface area contributed by atoms with Gasteiger partial charge in [0, 0.05) is 24.6 Å². The van der Waals surface area contributed by atoms with E-state index in [-0.39, 0.29) is 12.3 Å². The van der Waals surface area contributed by atoms with Crippen molar-refractivity contribution in [1.29, 1.82) is 0 Å². The van der Waals surface area contributed by atoms with Crippen LogP contribution in [0.15, 0.2) is 51.8 Å². The van der Waals surface area contributed by atoms with E-state index in [0.29, 0.717) is 43.8 Å². The van der Waals surface area contributed by atoms with E-state index in [9.17, 15) is 9.59 Å². The van der Waals surface area contributed by atoms with Crippen molar-refractivity contribution in [2.24, 2.45) is 0 Å². The molecule has 1 aliphatic heterocycles. The molecular formula is C20H15Cl2NO4S2. The van der Waals surface area contributed by atoms with Crippen LogP contribution in [0.5, 0.6) is 0 Å². The highest BCUT2D eigenvalue weighted by Crippen LogP contribution is 2.34. The SMILES string of the molecule is O=C(O)CCC=CCN1C(=O)C(=Cc2ccc(-c3ccc(Cl)c(Cl)c3)o2)SC1=S. The molecule has 0 bridgehead atoms. The van der Waals surface area contributed by atoms with Crippen molar-refractivity contribution < 1.29 is 19.1 Å². The van der Waals surface area contributed by atoms with Gasteiger partial charge in [0.2, 0.25) is 0 Å². The van der Waals surface area contributed by atoms with E-state index in [1.807, 2.05) is 0 Å². The number of halogens is 2. The first-order valence-electron chi connectivity index (χ1n) is 8.52. The number of benzene rings is 1. The molecule has 9 heteroatoms. The van der Waals surface area contributed by atoms with Gasteiger partial charge in [0.1, 0.15) is 15.8 Å². The highest BCUT2D eigenvalue weighted by Gasteiger charge is 2.31. The van der Waals surface area contributed by atoms with Gasteiger partial charge in [-0.3, -0.25) is 14.5 Å². The van der Waals surface area contributed by atoms with Gasteiger partial charge in [-0.2, -0.15) is 0 Å². The van der Waals surface area contributed by atoms with E-state index >= 15 is 0 Å². The number of carbonyl (C=O) groups excluding carboxylic acids is 1. The number of allylic oxidation sites excluding steroid dienone is 1. The fourth-order valence-corrected chi connectivity index (χ4v) is 4.08. The van der Waals surface area contributed by atoms with Gasteiger partial charge in [0.05, 0.1) is 15.0 Å². The van der Waals surface area contributed by atoms with Crippen molar-refractivity contribution in [3.8, 4) is 11.3 Å². The number of furan rings is 1. The van der Waals surface area contributed by atoms with Crippen molar-refractivity contribution in [3.05, 3.63) is 63.2 Å². The van der Waals surface area contributed by atoms with Crippen LogP contribution >= 0.6 is 47.2 Å². The molecular weight excluding hydrogens is 453 g/mol. The number of carboxylic acid groups (broad SMARTS) is 1. The molecule has 2 heterocycles. The first-order chi connectivity index (χ1) is 13.8. The standard InChI is InChI=1S/C20H15Cl2NO4S2/c21-14-7-5-12(10-15(14)22)16-8-6-13(27-16)11-17-19(26)23(20(28)29-17)9-3-1-2-4-18(24)25/h1,3,5-8,10-11H,2,4,9H2,(H,24,25). The first kappa shape index (κ1) is 21.6. The Morgan fingerprint density at radius 1 is 1.21 bits per heavy atom. The minimum atomic E-state index is -0.859. The Morgan fingerprint density at radius 3 is 2.72 bits per heavy atom. The van der Waals surface area contributed by atoms with E-state index in [0.717, 1.165) is 5.56 Å². The van der Waals surface area contributed by atoms with E-state index < -0.39 is 5.97 Å². The molecule has 1 amide bonds. The lowest BCUT2D eigenvalue weighted by Gasteiger charge is -2.10. The van der Waals surface area contributed by atoms with E-state index in [1.54, 1.807) is 48.6 Å². The molecule has 0 aliphatic carbocycles. The Hall–Kier alpha value is -2.06. The van der Waals surface area contributed by atoms with Gasteiger partial charge in [0.25, 0.3) is 5.91 Å². The number of carbonyl (C=O) groups is 2. The summed E-state index contributed by atoms with van der Waals surface area (Å²) >= 11 is 18.5. The number of rotatable bonds is 7. The summed E-state index contributed by atoms with van der Waals surface area (Å²) in [5.41, 5.74) is 0.776. The van der Waals surface area contributed by atoms with Crippen molar-refractivity contribution in [2.45, 2.75) is 12.8 Å². The number of thioether (sulfide) groups is 1. The van der Waals surface area contributed by atoms with Gasteiger partial charge < -0.3 is 9.52 Å². The van der Waals surface area contributed by atoms with Gasteiger partial charge in [-0.25, -0.2) is 0 Å². The van der Waals surface area contributed by atoms with E-state index in [2.05, 4.69) is 0 Å². The monoisotopic (exact) mass is 467 g/mol. The summed E-state index contributed by atoms with van der Waals surface area (Å²) in [6, 6.07) is 8.75. The number of nitrogens with zero attached hydrogens (tertiary/aromatic N) is 1. The lowest BCUT2D eigenvalue weighted by atomic mass is 10.2. The van der Waals surface area contributed by atoms with Crippen molar-refractivity contribution >= 4 is 69.5 Å². The Kier molecular flexibility index (Phi) is 7.18. The molecule has 0 atom stereocenters. The van der Waals surface area contributed by atoms with Gasteiger partial charge in [-0.15, -0.1) is 0 Å². The molecule has 1 saturated heterocycles. The fraction of sp³-hybridized carbons (Fsp3) is 0.150. The number of carboxylic acids is 1. The number of hydrogen-bond acceptors (Lipinski definition) is 5. The van der Waals surface area contributed by atoms with Gasteiger partial charge in [0.15, 0.2) is 0 Å². The molecule has 3 rings (SSSR count). The molecule has 29 heavy (non-hydrogen) atoms. The van der Waals surface area contributed by atoms with Crippen LogP contribution in [0.2, 0.25) is 10.0 Å². The maximum Gasteiger partial charge on any atom is 0.303 e. The number of aliphatic carboxylic acids is 1. The van der Waals surface area contributed by atoms with Crippen LogP contribution in [0.1, 0.15) is 18.6 Å². The number of amides is 1. The highest BCUT2D eigenvalue weighted by atomic mass is 35.5. The van der Waals surface area contributed by atoms with Crippen LogP contribution in [0.25, 0.3) is 17.4 Å². The summed E-state index contributed by atoms with van der Waals surface area (Å²) in [5.74, 6) is 0.0486. The van der Waals surface area contributed by atoms with Gasteiger partial charge in [-0.05, 0) is 36.8 Å². The quantitative estimate of drug-likeness (QED) is 0.311. The Labute approximate surface area is 187 Å². The average Bonchev–Trinajstić information content (AvgIpc) is 3.23. The van der Waals surface area contributed by atoms with Crippen molar-refractivity contribution in [2.75, 3.05) is 6.54 Å². The number of thiocarbonyl (C=S) groups is 1. The topological polar surface area (TPSA) is 70.8 Å². The average molecular weight is 468 g/mol. The molecule has 1 aromatic carbocycles. The third-order valence-corrected chi connectivity index (χ3v) is 6.07. The third kappa shape index (κ3) is 5.51. The van der Waals surface area contributed by atoms with Crippen LogP contribution in [0.3, 0.4) is 0 Å². The molecule has 1 fully saturated rings. The largest absolute Gasteiger partial charge is 0.481 e. The predicted molar refractivity (Wildman–Crippen MR) is 120 cm³/mol. The second-order valence-electron chi connectivity index (χ2n) is 6.03. The number of hydrogen-bond donors (Lipinski definition) is 1. The molecule has 0 spiro atoms. The van der Waals surface area contributed by atoms with Crippen molar-refractivity contribution in [3.63, 3.8) is 0 Å². The second-order valence-corrected chi connectivity index (χ2v) is 8.52. The summed E-state index contributed by atoms with van der Waals surface area (Å²) in [5, 5.41) is 9.52. The zero-order valence-electron chi connectivity index (χ0n) is 14.9. The molecule has 150 valence electrons. The predicted octanol–water partition coefficient (Wildman–Crippen LogP) is 5.88. The molecule has 0 saturated carbocycles. The molecule has 5 nitrogen and oxygen atoms in total. The molecule has 0 unspecified atom stereocenters. The summed E-state index contributed by atoms with van der Waals surface area (Å²) in [6.45, 7) is 0.300. The summed E-state index contributed by atoms with van der Waals surface area (Å²) < 4.78 is 6.25. The summed E-state index contributed by atoms with van der Waals surface area (Å²) in [6.07, 6.45) is 5.57. The Morgan fingerprint density at radius 2 is 2.00 bits per heavy atom. The Bertz CT molecular complexity index is 1030. The van der Waals surface area contributed by atoms with Crippen LogP contribution < -0.4 is 0 Å². The van der Waals surface area contributed by atoms with E-state index in [1.165, 1.54) is 16.7 Å². The maximum absolute atomic E-state index is 12.6. The second kappa shape index (κ2) is 9.63. The van der Waals surface area contributed by atoms with Crippen LogP contribution in [-0.4, -0.2) is 32.7 Å². The molecule has 1 aliphatic rings. The lowest BCUT2D eigenvalue weighted by Crippen LogP contribution is -2.27. The molecule has 0 radical (unpaired) electrons. The minimum Gasteiger partial charge on any atom is -0.481 e. The third-order valence-electron chi connectivity index (χ3n) is 3.96. The smallest absolute Gasteiger partial charge is 0.303 e. The molecule has 1 aromatic heterocycles. The van der Waals surface area contributed by atoms with Crippen LogP contribution in [0, 0.1) is 0 Å². The normalized spacial score (nSPS) is 15.8. The van der Waals surface area contributed by atoms with Crippen LogP contribution in [-0.2, 0) is 9.59 Å². The fourth-order valence-electron chi connectivity index (χ4n) is 2.53. The zero-order chi connectivity index (χ0) is 21.0. The summed E-state index contributed by atoms with van der Waals surface area (Å²) in [4.78, 5) is 25.0. The summed E-state index contributed by atoms with van der Waals surface area (Å²) in [7, 11) is 0.